The van der Waals surface area contributed by atoms with E-state index >= 15 is 0 Å². The Hall–Kier alpha value is -4.06. The average molecular weight is 400 g/mol. The number of carbonyl (C=O) groups excluding carboxylic acids is 2. The normalized spacial score (nSPS) is 10.9. The highest BCUT2D eigenvalue weighted by Gasteiger charge is 2.26. The van der Waals surface area contributed by atoms with Crippen molar-refractivity contribution in [2.75, 3.05) is 0 Å². The molecule has 0 aliphatic rings. The molecule has 1 aromatic heterocycles. The molecule has 0 aliphatic carbocycles. The number of rotatable bonds is 4. The first-order valence-electron chi connectivity index (χ1n) is 9.19. The van der Waals surface area contributed by atoms with Crippen LogP contribution in [-0.4, -0.2) is 11.6 Å². The van der Waals surface area contributed by atoms with Gasteiger partial charge in [0.05, 0.1) is 10.8 Å². The maximum Gasteiger partial charge on any atom is 0.387 e. The highest BCUT2D eigenvalue weighted by molar-refractivity contribution is 6.24. The second-order valence-corrected chi connectivity index (χ2v) is 7.04. The van der Waals surface area contributed by atoms with Gasteiger partial charge in [-0.3, -0.25) is 9.59 Å². The zero-order valence-electron chi connectivity index (χ0n) is 16.2. The molecule has 0 bridgehead atoms. The molecule has 0 spiro atoms. The Morgan fingerprint density at radius 1 is 0.633 bits per heavy atom. The maximum atomic E-state index is 13.4. The fourth-order valence-corrected chi connectivity index (χ4v) is 3.28. The first-order chi connectivity index (χ1) is 14.4. The molecule has 0 unspecified atom stereocenters. The molecule has 3 aromatic carbocycles. The van der Waals surface area contributed by atoms with Gasteiger partial charge in [-0.2, -0.15) is 0 Å². The quantitative estimate of drug-likeness (QED) is 0.382. The first kappa shape index (κ1) is 19.3. The third-order valence-corrected chi connectivity index (χ3v) is 4.92. The van der Waals surface area contributed by atoms with Crippen molar-refractivity contribution in [2.24, 2.45) is 0 Å². The van der Waals surface area contributed by atoms with E-state index in [9.17, 15) is 19.2 Å². The van der Waals surface area contributed by atoms with Gasteiger partial charge in [-0.05, 0) is 26.0 Å². The Morgan fingerprint density at radius 3 is 1.70 bits per heavy atom. The third kappa shape index (κ3) is 3.28. The van der Waals surface area contributed by atoms with Gasteiger partial charge in [0.2, 0.25) is 0 Å². The van der Waals surface area contributed by atoms with Gasteiger partial charge in [-0.25, -0.2) is 18.7 Å². The van der Waals surface area contributed by atoms with Crippen molar-refractivity contribution in [3.63, 3.8) is 0 Å². The minimum absolute atomic E-state index is 0.00910. The van der Waals surface area contributed by atoms with Crippen LogP contribution in [0.3, 0.4) is 0 Å². The van der Waals surface area contributed by atoms with E-state index in [2.05, 4.69) is 9.15 Å². The van der Waals surface area contributed by atoms with Crippen molar-refractivity contribution in [1.82, 2.24) is 0 Å². The summed E-state index contributed by atoms with van der Waals surface area (Å²) in [4.78, 5) is 51.1. The minimum Gasteiger partial charge on any atom is -0.289 e. The Bertz CT molecular complexity index is 1400. The van der Waals surface area contributed by atoms with E-state index in [0.29, 0.717) is 5.56 Å². The van der Waals surface area contributed by atoms with E-state index in [1.54, 1.807) is 48.5 Å². The number of benzene rings is 3. The lowest BCUT2D eigenvalue weighted by atomic mass is 9.89. The van der Waals surface area contributed by atoms with Crippen LogP contribution < -0.4 is 11.3 Å². The van der Waals surface area contributed by atoms with E-state index in [0.717, 1.165) is 11.1 Å². The van der Waals surface area contributed by atoms with Crippen molar-refractivity contribution in [3.8, 4) is 0 Å². The van der Waals surface area contributed by atoms with Crippen LogP contribution in [0.25, 0.3) is 10.8 Å². The molecule has 0 saturated carbocycles. The molecule has 0 radical (unpaired) electrons. The van der Waals surface area contributed by atoms with Crippen LogP contribution in [0.5, 0.6) is 0 Å². The largest absolute Gasteiger partial charge is 0.387 e. The Labute approximate surface area is 170 Å². The standard InChI is InChI=1S/C24H16O6/c1-13-3-7-15(8-4-13)21(25)17-11-12-18-20(24(28)30-29-23(18)27)19(17)22(26)16-9-5-14(2)6-10-16/h3-12H,1-2H3. The lowest BCUT2D eigenvalue weighted by Crippen LogP contribution is -2.18. The van der Waals surface area contributed by atoms with Crippen LogP contribution in [0.2, 0.25) is 0 Å². The van der Waals surface area contributed by atoms with Crippen LogP contribution in [-0.2, 0) is 0 Å². The van der Waals surface area contributed by atoms with Gasteiger partial charge in [-0.15, -0.1) is 0 Å². The van der Waals surface area contributed by atoms with Crippen LogP contribution in [0.4, 0.5) is 0 Å². The highest BCUT2D eigenvalue weighted by Crippen LogP contribution is 2.24. The molecule has 0 N–H and O–H groups in total. The highest BCUT2D eigenvalue weighted by atomic mass is 17.0. The molecular formula is C24H16O6. The van der Waals surface area contributed by atoms with E-state index in [1.807, 2.05) is 13.8 Å². The van der Waals surface area contributed by atoms with E-state index in [1.165, 1.54) is 12.1 Å². The maximum absolute atomic E-state index is 13.4. The molecule has 1 heterocycles. The van der Waals surface area contributed by atoms with Crippen LogP contribution in [0, 0.1) is 13.8 Å². The van der Waals surface area contributed by atoms with Gasteiger partial charge in [-0.1, -0.05) is 59.7 Å². The summed E-state index contributed by atoms with van der Waals surface area (Å²) in [5, 5.41) is -0.392. The van der Waals surface area contributed by atoms with Crippen LogP contribution >= 0.6 is 0 Å². The van der Waals surface area contributed by atoms with Crippen molar-refractivity contribution in [1.29, 1.82) is 0 Å². The topological polar surface area (TPSA) is 94.6 Å². The molecule has 30 heavy (non-hydrogen) atoms. The number of carbonyl (C=O) groups is 2. The fourth-order valence-electron chi connectivity index (χ4n) is 3.28. The molecule has 0 fully saturated rings. The second-order valence-electron chi connectivity index (χ2n) is 7.04. The first-order valence-corrected chi connectivity index (χ1v) is 9.19. The summed E-state index contributed by atoms with van der Waals surface area (Å²) in [5.41, 5.74) is 0.470. The Kier molecular flexibility index (Phi) is 4.75. The molecular weight excluding hydrogens is 384 g/mol. The smallest absolute Gasteiger partial charge is 0.289 e. The fraction of sp³-hybridized carbons (Fsp3) is 0.0833. The van der Waals surface area contributed by atoms with Gasteiger partial charge in [0.25, 0.3) is 0 Å². The zero-order chi connectivity index (χ0) is 21.4. The SMILES string of the molecule is Cc1ccc(C(=O)c2ccc3c(=O)ooc(=O)c3c2C(=O)c2ccc(C)cc2)cc1. The lowest BCUT2D eigenvalue weighted by molar-refractivity contribution is 0.0216. The molecule has 6 heteroatoms. The Balaban J connectivity index is 2.03. The summed E-state index contributed by atoms with van der Waals surface area (Å²) in [6.45, 7) is 3.76. The number of aryl methyl sites for hydroxylation is 2. The van der Waals surface area contributed by atoms with Gasteiger partial charge in [0.15, 0.2) is 11.6 Å². The number of hydrogen-bond acceptors (Lipinski definition) is 6. The molecule has 0 aliphatic heterocycles. The van der Waals surface area contributed by atoms with E-state index in [-0.39, 0.29) is 27.5 Å². The summed E-state index contributed by atoms with van der Waals surface area (Å²) in [5.74, 6) is -1.01. The molecule has 4 rings (SSSR count). The van der Waals surface area contributed by atoms with Crippen molar-refractivity contribution in [3.05, 3.63) is 115 Å². The molecule has 0 saturated heterocycles. The van der Waals surface area contributed by atoms with Crippen LogP contribution in [0.1, 0.15) is 43.0 Å². The number of hydrogen-bond donors (Lipinski definition) is 0. The molecule has 0 atom stereocenters. The van der Waals surface area contributed by atoms with Crippen molar-refractivity contribution >= 4 is 22.3 Å². The average Bonchev–Trinajstić information content (AvgIpc) is 2.75. The van der Waals surface area contributed by atoms with Gasteiger partial charge in [0.1, 0.15) is 0 Å². The van der Waals surface area contributed by atoms with Crippen molar-refractivity contribution in [2.45, 2.75) is 13.8 Å². The predicted octanol–water partition coefficient (Wildman–Crippen LogP) is 3.83. The van der Waals surface area contributed by atoms with E-state index in [4.69, 9.17) is 0 Å². The number of fused-ring (bicyclic) bond motifs is 1. The van der Waals surface area contributed by atoms with Crippen LogP contribution in [0.15, 0.2) is 79.4 Å². The molecule has 148 valence electrons. The summed E-state index contributed by atoms with van der Waals surface area (Å²) in [6, 6.07) is 16.2. The van der Waals surface area contributed by atoms with Gasteiger partial charge < -0.3 is 0 Å². The van der Waals surface area contributed by atoms with Gasteiger partial charge in [0, 0.05) is 22.3 Å². The van der Waals surface area contributed by atoms with Gasteiger partial charge >= 0.3 is 11.3 Å². The summed E-state index contributed by atoms with van der Waals surface area (Å²) < 4.78 is 8.85. The predicted molar refractivity (Wildman–Crippen MR) is 110 cm³/mol. The summed E-state index contributed by atoms with van der Waals surface area (Å²) >= 11 is 0. The third-order valence-electron chi connectivity index (χ3n) is 4.92. The molecule has 6 nitrogen and oxygen atoms in total. The van der Waals surface area contributed by atoms with Crippen molar-refractivity contribution < 1.29 is 18.7 Å². The molecule has 4 aromatic rings. The Morgan fingerprint density at radius 2 is 1.13 bits per heavy atom. The monoisotopic (exact) mass is 400 g/mol. The lowest BCUT2D eigenvalue weighted by Gasteiger charge is -2.11. The minimum atomic E-state index is -1.00. The van der Waals surface area contributed by atoms with E-state index < -0.39 is 22.8 Å². The number of ketones is 2. The second kappa shape index (κ2) is 7.40. The zero-order valence-corrected chi connectivity index (χ0v) is 16.2. The summed E-state index contributed by atoms with van der Waals surface area (Å²) in [6.07, 6.45) is 0. The molecule has 0 amide bonds. The summed E-state index contributed by atoms with van der Waals surface area (Å²) in [7, 11) is 0.